The minimum absolute atomic E-state index is 0.0391. The van der Waals surface area contributed by atoms with Gasteiger partial charge in [0, 0.05) is 23.0 Å². The molecule has 4 heteroatoms. The topological polar surface area (TPSA) is 63.6 Å². The van der Waals surface area contributed by atoms with Crippen molar-refractivity contribution in [1.29, 1.82) is 0 Å². The van der Waals surface area contributed by atoms with E-state index in [2.05, 4.69) is 6.58 Å². The van der Waals surface area contributed by atoms with E-state index in [-0.39, 0.29) is 24.8 Å². The molecular formula is C32H28O4. The zero-order valence-corrected chi connectivity index (χ0v) is 20.0. The molecule has 0 saturated heterocycles. The monoisotopic (exact) mass is 476 g/mol. The van der Waals surface area contributed by atoms with Crippen molar-refractivity contribution >= 4 is 17.1 Å². The molecule has 3 aromatic carbocycles. The lowest BCUT2D eigenvalue weighted by molar-refractivity contribution is -0.131. The maximum Gasteiger partial charge on any atom is 0.168 e. The van der Waals surface area contributed by atoms with Gasteiger partial charge >= 0.3 is 0 Å². The summed E-state index contributed by atoms with van der Waals surface area (Å²) in [5, 5.41) is 9.40. The van der Waals surface area contributed by atoms with Gasteiger partial charge in [0.1, 0.15) is 12.4 Å². The van der Waals surface area contributed by atoms with Gasteiger partial charge in [0.15, 0.2) is 11.6 Å². The number of ether oxygens (including phenoxy) is 1. The fourth-order valence-corrected chi connectivity index (χ4v) is 5.86. The first-order chi connectivity index (χ1) is 17.6. The van der Waals surface area contributed by atoms with E-state index in [0.717, 1.165) is 22.3 Å². The van der Waals surface area contributed by atoms with Gasteiger partial charge in [-0.15, -0.1) is 0 Å². The molecule has 36 heavy (non-hydrogen) atoms. The minimum Gasteiger partial charge on any atom is -0.491 e. The van der Waals surface area contributed by atoms with Crippen molar-refractivity contribution in [3.63, 3.8) is 0 Å². The first-order valence-corrected chi connectivity index (χ1v) is 12.2. The number of allylic oxidation sites excluding steroid dienone is 5. The quantitative estimate of drug-likeness (QED) is 0.493. The Morgan fingerprint density at radius 2 is 1.61 bits per heavy atom. The van der Waals surface area contributed by atoms with Gasteiger partial charge in [0.05, 0.1) is 12.0 Å². The van der Waals surface area contributed by atoms with E-state index in [9.17, 15) is 14.7 Å². The summed E-state index contributed by atoms with van der Waals surface area (Å²) in [4.78, 5) is 28.7. The van der Waals surface area contributed by atoms with Crippen LogP contribution in [-0.4, -0.2) is 29.9 Å². The van der Waals surface area contributed by atoms with E-state index >= 15 is 0 Å². The predicted octanol–water partition coefficient (Wildman–Crippen LogP) is 5.45. The third-order valence-electron chi connectivity index (χ3n) is 7.34. The Morgan fingerprint density at radius 1 is 0.944 bits per heavy atom. The number of aliphatic hydroxyl groups excluding tert-OH is 1. The van der Waals surface area contributed by atoms with E-state index in [4.69, 9.17) is 4.74 Å². The molecule has 5 rings (SSSR count). The highest BCUT2D eigenvalue weighted by Crippen LogP contribution is 2.58. The van der Waals surface area contributed by atoms with Gasteiger partial charge in [-0.3, -0.25) is 9.59 Å². The third kappa shape index (κ3) is 3.75. The van der Waals surface area contributed by atoms with Gasteiger partial charge in [0.25, 0.3) is 0 Å². The number of hydrogen-bond donors (Lipinski definition) is 1. The molecule has 0 spiro atoms. The molecule has 3 aromatic rings. The number of carbonyl (C=O) groups is 2. The van der Waals surface area contributed by atoms with Crippen LogP contribution in [0.1, 0.15) is 29.0 Å². The van der Waals surface area contributed by atoms with Crippen LogP contribution in [0.5, 0.6) is 5.75 Å². The average Bonchev–Trinajstić information content (AvgIpc) is 2.94. The summed E-state index contributed by atoms with van der Waals surface area (Å²) < 4.78 is 5.92. The van der Waals surface area contributed by atoms with Crippen LogP contribution in [-0.2, 0) is 15.0 Å². The van der Waals surface area contributed by atoms with Crippen LogP contribution in [0, 0.1) is 5.92 Å². The van der Waals surface area contributed by atoms with E-state index in [1.807, 2.05) is 91.0 Å². The number of Topliss-reactive ketones (excluding diaryl/α,β-unsaturated/α-hetero) is 1. The Balaban J connectivity index is 1.80. The number of hydrogen-bond acceptors (Lipinski definition) is 4. The molecule has 2 aliphatic rings. The molecule has 3 atom stereocenters. The van der Waals surface area contributed by atoms with Crippen LogP contribution in [0.3, 0.4) is 0 Å². The molecule has 0 radical (unpaired) electrons. The SMILES string of the molecule is C=CC1=CC[C@H]2C(=O)C(c3ccccc3)=CC(=O)[C@@]2(c2ccccc2)[C@H]1c1ccccc1OCCO. The lowest BCUT2D eigenvalue weighted by Crippen LogP contribution is -2.54. The van der Waals surface area contributed by atoms with Crippen LogP contribution in [0.15, 0.2) is 115 Å². The Bertz CT molecular complexity index is 1350. The summed E-state index contributed by atoms with van der Waals surface area (Å²) >= 11 is 0. The molecule has 0 aliphatic heterocycles. The zero-order valence-electron chi connectivity index (χ0n) is 20.0. The predicted molar refractivity (Wildman–Crippen MR) is 141 cm³/mol. The molecule has 0 fully saturated rings. The summed E-state index contributed by atoms with van der Waals surface area (Å²) in [5.41, 5.74) is 2.52. The van der Waals surface area contributed by atoms with Gasteiger partial charge in [-0.05, 0) is 35.3 Å². The second-order valence-corrected chi connectivity index (χ2v) is 9.13. The summed E-state index contributed by atoms with van der Waals surface area (Å²) in [7, 11) is 0. The van der Waals surface area contributed by atoms with Crippen molar-refractivity contribution in [2.24, 2.45) is 5.92 Å². The molecule has 2 aliphatic carbocycles. The molecule has 0 bridgehead atoms. The molecule has 180 valence electrons. The number of aliphatic hydroxyl groups is 1. The van der Waals surface area contributed by atoms with E-state index in [1.165, 1.54) is 6.08 Å². The van der Waals surface area contributed by atoms with Crippen molar-refractivity contribution in [2.75, 3.05) is 13.2 Å². The average molecular weight is 477 g/mol. The van der Waals surface area contributed by atoms with Crippen molar-refractivity contribution in [3.05, 3.63) is 132 Å². The molecule has 0 aromatic heterocycles. The highest BCUT2D eigenvalue weighted by molar-refractivity contribution is 6.31. The zero-order chi connectivity index (χ0) is 25.1. The van der Waals surface area contributed by atoms with Crippen molar-refractivity contribution in [3.8, 4) is 5.75 Å². The molecular weight excluding hydrogens is 448 g/mol. The summed E-state index contributed by atoms with van der Waals surface area (Å²) in [5.74, 6) is -0.643. The van der Waals surface area contributed by atoms with Crippen LogP contribution in [0.25, 0.3) is 5.57 Å². The van der Waals surface area contributed by atoms with Crippen molar-refractivity contribution in [1.82, 2.24) is 0 Å². The normalized spacial score (nSPS) is 23.4. The van der Waals surface area contributed by atoms with Gasteiger partial charge < -0.3 is 9.84 Å². The molecule has 1 N–H and O–H groups in total. The van der Waals surface area contributed by atoms with E-state index in [1.54, 1.807) is 6.08 Å². The first kappa shape index (κ1) is 23.7. The van der Waals surface area contributed by atoms with E-state index in [0.29, 0.717) is 17.7 Å². The molecule has 0 unspecified atom stereocenters. The largest absolute Gasteiger partial charge is 0.491 e. The van der Waals surface area contributed by atoms with Crippen LogP contribution < -0.4 is 4.74 Å². The maximum atomic E-state index is 14.5. The van der Waals surface area contributed by atoms with Crippen LogP contribution >= 0.6 is 0 Å². The number of carbonyl (C=O) groups excluding carboxylic acids is 2. The number of para-hydroxylation sites is 1. The standard InChI is InChI=1S/C32H28O4/c1-2-22-17-18-27-31(35)26(23-11-5-3-6-12-23)21-29(34)32(27,24-13-7-4-8-14-24)30(22)25-15-9-10-16-28(25)36-20-19-33/h2-17,21,27,30,33H,1,18-20H2/t27-,30+,32-/m0/s1. The first-order valence-electron chi connectivity index (χ1n) is 12.2. The fraction of sp³-hybridized carbons (Fsp3) is 0.188. The number of benzene rings is 3. The van der Waals surface area contributed by atoms with Crippen molar-refractivity contribution in [2.45, 2.75) is 17.8 Å². The number of ketones is 2. The number of fused-ring (bicyclic) bond motifs is 1. The van der Waals surface area contributed by atoms with Crippen LogP contribution in [0.2, 0.25) is 0 Å². The summed E-state index contributed by atoms with van der Waals surface area (Å²) in [6.07, 6.45) is 5.78. The molecule has 4 nitrogen and oxygen atoms in total. The van der Waals surface area contributed by atoms with Crippen LogP contribution in [0.4, 0.5) is 0 Å². The second kappa shape index (κ2) is 9.92. The second-order valence-electron chi connectivity index (χ2n) is 9.13. The van der Waals surface area contributed by atoms with E-state index < -0.39 is 17.3 Å². The Kier molecular flexibility index (Phi) is 6.53. The van der Waals surface area contributed by atoms with Gasteiger partial charge in [-0.1, -0.05) is 97.6 Å². The Hall–Kier alpha value is -4.02. The smallest absolute Gasteiger partial charge is 0.168 e. The highest BCUT2D eigenvalue weighted by Gasteiger charge is 2.59. The Morgan fingerprint density at radius 3 is 2.31 bits per heavy atom. The molecule has 0 heterocycles. The Labute approximate surface area is 211 Å². The summed E-state index contributed by atoms with van der Waals surface area (Å²) in [6.45, 7) is 4.06. The molecule has 0 amide bonds. The maximum absolute atomic E-state index is 14.5. The van der Waals surface area contributed by atoms with Gasteiger partial charge in [-0.2, -0.15) is 0 Å². The lowest BCUT2D eigenvalue weighted by atomic mass is 9.50. The fourth-order valence-electron chi connectivity index (χ4n) is 5.86. The lowest BCUT2D eigenvalue weighted by Gasteiger charge is -2.50. The third-order valence-corrected chi connectivity index (χ3v) is 7.34. The van der Waals surface area contributed by atoms with Gasteiger partial charge in [-0.25, -0.2) is 0 Å². The minimum atomic E-state index is -1.16. The number of rotatable bonds is 7. The highest BCUT2D eigenvalue weighted by atomic mass is 16.5. The van der Waals surface area contributed by atoms with Crippen molar-refractivity contribution < 1.29 is 19.4 Å². The summed E-state index contributed by atoms with van der Waals surface area (Å²) in [6, 6.07) is 26.6. The molecule has 0 saturated carbocycles. The van der Waals surface area contributed by atoms with Gasteiger partial charge in [0.2, 0.25) is 0 Å².